The maximum Gasteiger partial charge on any atom is 0.307 e. The average Bonchev–Trinajstić information content (AvgIpc) is 3.09. The van der Waals surface area contributed by atoms with E-state index in [0.29, 0.717) is 18.9 Å². The van der Waals surface area contributed by atoms with Crippen molar-refractivity contribution in [1.82, 2.24) is 4.90 Å². The van der Waals surface area contributed by atoms with E-state index in [4.69, 9.17) is 10.2 Å². The number of aliphatic hydroxyl groups excluding tert-OH is 1. The lowest BCUT2D eigenvalue weighted by Crippen LogP contribution is -2.41. The molecule has 1 saturated heterocycles. The van der Waals surface area contributed by atoms with Crippen LogP contribution in [0.25, 0.3) is 0 Å². The lowest BCUT2D eigenvalue weighted by molar-refractivity contribution is -0.142. The molecule has 1 amide bonds. The third-order valence-electron chi connectivity index (χ3n) is 3.79. The molecule has 2 aliphatic rings. The fourth-order valence-electron chi connectivity index (χ4n) is 2.66. The van der Waals surface area contributed by atoms with Crippen molar-refractivity contribution in [1.29, 1.82) is 0 Å². The lowest BCUT2D eigenvalue weighted by Gasteiger charge is -2.32. The number of aliphatic carboxylic acids is 1. The van der Waals surface area contributed by atoms with Crippen LogP contribution in [-0.2, 0) is 9.59 Å². The Kier molecular flexibility index (Phi) is 3.66. The van der Waals surface area contributed by atoms with Gasteiger partial charge in [0.1, 0.15) is 0 Å². The van der Waals surface area contributed by atoms with E-state index < -0.39 is 11.9 Å². The molecule has 0 aromatic heterocycles. The van der Waals surface area contributed by atoms with Gasteiger partial charge in [-0.2, -0.15) is 0 Å². The first kappa shape index (κ1) is 12.4. The van der Waals surface area contributed by atoms with Crippen LogP contribution >= 0.6 is 0 Å². The number of carboxylic acids is 1. The number of hydrogen-bond donors (Lipinski definition) is 2. The van der Waals surface area contributed by atoms with Crippen LogP contribution in [0.3, 0.4) is 0 Å². The van der Waals surface area contributed by atoms with Gasteiger partial charge in [0.05, 0.1) is 11.8 Å². The van der Waals surface area contributed by atoms with Gasteiger partial charge in [-0.15, -0.1) is 0 Å². The fraction of sp³-hybridized carbons (Fsp3) is 0.833. The normalized spacial score (nSPS) is 32.3. The summed E-state index contributed by atoms with van der Waals surface area (Å²) in [6.07, 6.45) is 3.24. The number of rotatable bonds is 4. The van der Waals surface area contributed by atoms with E-state index in [2.05, 4.69) is 0 Å². The molecule has 96 valence electrons. The molecule has 0 aromatic carbocycles. The minimum atomic E-state index is -0.854. The van der Waals surface area contributed by atoms with Gasteiger partial charge < -0.3 is 15.1 Å². The minimum absolute atomic E-state index is 0.0000368. The van der Waals surface area contributed by atoms with Crippen molar-refractivity contribution in [3.05, 3.63) is 0 Å². The summed E-state index contributed by atoms with van der Waals surface area (Å²) in [5.74, 6) is -1.23. The van der Waals surface area contributed by atoms with Crippen molar-refractivity contribution in [2.24, 2.45) is 17.8 Å². The molecule has 0 spiro atoms. The van der Waals surface area contributed by atoms with Gasteiger partial charge in [0.25, 0.3) is 0 Å². The summed E-state index contributed by atoms with van der Waals surface area (Å²) in [5.41, 5.74) is 0. The van der Waals surface area contributed by atoms with Crippen LogP contribution in [0.1, 0.15) is 25.7 Å². The Balaban J connectivity index is 1.85. The van der Waals surface area contributed by atoms with Crippen molar-refractivity contribution < 1.29 is 19.8 Å². The molecule has 2 fully saturated rings. The highest BCUT2D eigenvalue weighted by molar-refractivity contribution is 5.89. The predicted octanol–water partition coefficient (Wildman–Crippen LogP) is 0.328. The molecule has 3 atom stereocenters. The van der Waals surface area contributed by atoms with E-state index >= 15 is 0 Å². The lowest BCUT2D eigenvalue weighted by atomic mass is 9.95. The Hall–Kier alpha value is -1.10. The third-order valence-corrected chi connectivity index (χ3v) is 3.79. The third kappa shape index (κ3) is 2.77. The number of carboxylic acid groups (broad SMARTS) is 1. The van der Waals surface area contributed by atoms with Crippen LogP contribution in [0.2, 0.25) is 0 Å². The molecule has 1 unspecified atom stereocenters. The monoisotopic (exact) mass is 241 g/mol. The zero-order valence-corrected chi connectivity index (χ0v) is 9.84. The zero-order chi connectivity index (χ0) is 12.4. The first-order valence-electron chi connectivity index (χ1n) is 6.26. The summed E-state index contributed by atoms with van der Waals surface area (Å²) in [6.45, 7) is 1.58. The molecule has 0 bridgehead atoms. The first-order chi connectivity index (χ1) is 8.13. The SMILES string of the molecule is O=C(O)[C@H]1C[C@H]1C(=O)N1CCCC(CCO)C1. The Bertz CT molecular complexity index is 316. The van der Waals surface area contributed by atoms with Gasteiger partial charge in [-0.25, -0.2) is 0 Å². The van der Waals surface area contributed by atoms with Crippen LogP contribution in [-0.4, -0.2) is 46.7 Å². The number of carbonyl (C=O) groups excluding carboxylic acids is 1. The molecule has 1 aliphatic heterocycles. The molecular formula is C12H19NO4. The first-order valence-corrected chi connectivity index (χ1v) is 6.26. The summed E-state index contributed by atoms with van der Waals surface area (Å²) in [5, 5.41) is 17.7. The molecule has 5 nitrogen and oxygen atoms in total. The van der Waals surface area contributed by atoms with Crippen LogP contribution in [0, 0.1) is 17.8 Å². The van der Waals surface area contributed by atoms with E-state index in [-0.39, 0.29) is 18.4 Å². The summed E-state index contributed by atoms with van der Waals surface area (Å²) in [4.78, 5) is 24.5. The minimum Gasteiger partial charge on any atom is -0.481 e. The molecule has 0 aromatic rings. The number of likely N-dealkylation sites (tertiary alicyclic amines) is 1. The van der Waals surface area contributed by atoms with Crippen molar-refractivity contribution >= 4 is 11.9 Å². The van der Waals surface area contributed by atoms with Crippen molar-refractivity contribution in [2.45, 2.75) is 25.7 Å². The summed E-state index contributed by atoms with van der Waals surface area (Å²) < 4.78 is 0. The summed E-state index contributed by atoms with van der Waals surface area (Å²) in [7, 11) is 0. The number of piperidine rings is 1. The molecular weight excluding hydrogens is 222 g/mol. The number of carbonyl (C=O) groups is 2. The zero-order valence-electron chi connectivity index (χ0n) is 9.84. The highest BCUT2D eigenvalue weighted by Gasteiger charge is 2.50. The molecule has 1 aliphatic carbocycles. The second kappa shape index (κ2) is 5.04. The second-order valence-corrected chi connectivity index (χ2v) is 5.09. The Labute approximate surface area is 100 Å². The Morgan fingerprint density at radius 2 is 2.06 bits per heavy atom. The molecule has 0 radical (unpaired) electrons. The van der Waals surface area contributed by atoms with Crippen molar-refractivity contribution in [2.75, 3.05) is 19.7 Å². The highest BCUT2D eigenvalue weighted by atomic mass is 16.4. The Morgan fingerprint density at radius 3 is 2.65 bits per heavy atom. The molecule has 1 heterocycles. The molecule has 17 heavy (non-hydrogen) atoms. The van der Waals surface area contributed by atoms with Gasteiger partial charge in [0.15, 0.2) is 0 Å². The smallest absolute Gasteiger partial charge is 0.307 e. The highest BCUT2D eigenvalue weighted by Crippen LogP contribution is 2.40. The van der Waals surface area contributed by atoms with Gasteiger partial charge in [-0.3, -0.25) is 9.59 Å². The molecule has 5 heteroatoms. The van der Waals surface area contributed by atoms with E-state index in [0.717, 1.165) is 25.8 Å². The van der Waals surface area contributed by atoms with Crippen LogP contribution < -0.4 is 0 Å². The fourth-order valence-corrected chi connectivity index (χ4v) is 2.66. The van der Waals surface area contributed by atoms with E-state index in [9.17, 15) is 9.59 Å². The maximum atomic E-state index is 12.0. The van der Waals surface area contributed by atoms with Gasteiger partial charge in [-0.05, 0) is 31.6 Å². The van der Waals surface area contributed by atoms with Gasteiger partial charge in [-0.1, -0.05) is 0 Å². The van der Waals surface area contributed by atoms with E-state index in [1.165, 1.54) is 0 Å². The molecule has 2 rings (SSSR count). The molecule has 2 N–H and O–H groups in total. The van der Waals surface area contributed by atoms with Crippen molar-refractivity contribution in [3.63, 3.8) is 0 Å². The van der Waals surface area contributed by atoms with Gasteiger partial charge in [0.2, 0.25) is 5.91 Å². The van der Waals surface area contributed by atoms with Crippen LogP contribution in [0.4, 0.5) is 0 Å². The second-order valence-electron chi connectivity index (χ2n) is 5.09. The van der Waals surface area contributed by atoms with E-state index in [1.54, 1.807) is 4.90 Å². The Morgan fingerprint density at radius 1 is 1.29 bits per heavy atom. The van der Waals surface area contributed by atoms with E-state index in [1.807, 2.05) is 0 Å². The summed E-state index contributed by atoms with van der Waals surface area (Å²) >= 11 is 0. The largest absolute Gasteiger partial charge is 0.481 e. The van der Waals surface area contributed by atoms with Gasteiger partial charge >= 0.3 is 5.97 Å². The average molecular weight is 241 g/mol. The molecule has 1 saturated carbocycles. The van der Waals surface area contributed by atoms with Gasteiger partial charge in [0, 0.05) is 19.7 Å². The number of aliphatic hydroxyl groups is 1. The maximum absolute atomic E-state index is 12.0. The number of nitrogens with zero attached hydrogens (tertiary/aromatic N) is 1. The predicted molar refractivity (Wildman–Crippen MR) is 60.2 cm³/mol. The van der Waals surface area contributed by atoms with Crippen LogP contribution in [0.5, 0.6) is 0 Å². The van der Waals surface area contributed by atoms with Crippen LogP contribution in [0.15, 0.2) is 0 Å². The summed E-state index contributed by atoms with van der Waals surface area (Å²) in [6, 6.07) is 0. The van der Waals surface area contributed by atoms with Crippen molar-refractivity contribution in [3.8, 4) is 0 Å². The number of hydrogen-bond acceptors (Lipinski definition) is 3. The quantitative estimate of drug-likeness (QED) is 0.743. The topological polar surface area (TPSA) is 77.8 Å². The standard InChI is InChI=1S/C12H19NO4/c14-5-3-8-2-1-4-13(7-8)11(15)9-6-10(9)12(16)17/h8-10,14H,1-7H2,(H,16,17)/t8?,9-,10+/m1/s1. The number of amides is 1.